The number of nitrogens with zero attached hydrogens (tertiary/aromatic N) is 2. The molecule has 0 aliphatic carbocycles. The van der Waals surface area contributed by atoms with Crippen molar-refractivity contribution >= 4 is 6.01 Å². The lowest BCUT2D eigenvalue weighted by Crippen LogP contribution is -2.04. The normalized spacial score (nSPS) is 17.9. The molecule has 0 fully saturated rings. The summed E-state index contributed by atoms with van der Waals surface area (Å²) in [5, 5.41) is 6.75. The quantitative estimate of drug-likeness (QED) is 0.828. The van der Waals surface area contributed by atoms with E-state index in [1.54, 1.807) is 7.05 Å². The van der Waals surface area contributed by atoms with E-state index in [4.69, 9.17) is 9.26 Å². The predicted octanol–water partition coefficient (Wildman–Crippen LogP) is 1.64. The summed E-state index contributed by atoms with van der Waals surface area (Å²) in [6, 6.07) is 8.35. The molecule has 5 heteroatoms. The molecule has 1 N–H and O–H groups in total. The van der Waals surface area contributed by atoms with Gasteiger partial charge in [0.15, 0.2) is 5.82 Å². The summed E-state index contributed by atoms with van der Waals surface area (Å²) >= 11 is 0. The molecule has 1 atom stereocenters. The van der Waals surface area contributed by atoms with Crippen molar-refractivity contribution in [2.24, 2.45) is 0 Å². The van der Waals surface area contributed by atoms with E-state index in [1.165, 1.54) is 0 Å². The molecule has 0 radical (unpaired) electrons. The number of aromatic nitrogens is 2. The molecule has 5 nitrogen and oxygen atoms in total. The lowest BCUT2D eigenvalue weighted by Gasteiger charge is -2.01. The summed E-state index contributed by atoms with van der Waals surface area (Å²) in [5.41, 5.74) is 1.12. The summed E-state index contributed by atoms with van der Waals surface area (Å²) in [7, 11) is 1.75. The van der Waals surface area contributed by atoms with Gasteiger partial charge in [-0.2, -0.15) is 4.98 Å². The van der Waals surface area contributed by atoms with Gasteiger partial charge in [0.1, 0.15) is 12.4 Å². The molecule has 82 valence electrons. The number of hydrogen-bond acceptors (Lipinski definition) is 5. The third-order valence-corrected chi connectivity index (χ3v) is 2.67. The van der Waals surface area contributed by atoms with Crippen molar-refractivity contribution in [3.8, 4) is 5.75 Å². The fraction of sp³-hybridized carbons (Fsp3) is 0.273. The van der Waals surface area contributed by atoms with Crippen LogP contribution < -0.4 is 10.1 Å². The minimum atomic E-state index is 0.0713. The smallest absolute Gasteiger partial charge is 0.321 e. The largest absolute Gasteiger partial charge is 0.492 e. The van der Waals surface area contributed by atoms with Crippen LogP contribution in [-0.2, 0) is 0 Å². The third kappa shape index (κ3) is 1.32. The highest BCUT2D eigenvalue weighted by molar-refractivity contribution is 5.43. The van der Waals surface area contributed by atoms with Crippen LogP contribution in [0.2, 0.25) is 0 Å². The number of ether oxygens (including phenoxy) is 1. The summed E-state index contributed by atoms with van der Waals surface area (Å²) in [5.74, 6) is 1.64. The predicted molar refractivity (Wildman–Crippen MR) is 57.6 cm³/mol. The SMILES string of the molecule is CNc1nc(C2COc3ccccc32)no1. The maximum atomic E-state index is 5.57. The van der Waals surface area contributed by atoms with Crippen LogP contribution in [0, 0.1) is 0 Å². The minimum Gasteiger partial charge on any atom is -0.492 e. The number of nitrogens with one attached hydrogen (secondary N) is 1. The molecule has 1 aromatic heterocycles. The van der Waals surface area contributed by atoms with Crippen LogP contribution in [0.1, 0.15) is 17.3 Å². The van der Waals surface area contributed by atoms with Crippen molar-refractivity contribution in [2.45, 2.75) is 5.92 Å². The number of anilines is 1. The van der Waals surface area contributed by atoms with E-state index < -0.39 is 0 Å². The Balaban J connectivity index is 1.98. The molecule has 1 unspecified atom stereocenters. The Morgan fingerprint density at radius 3 is 3.06 bits per heavy atom. The van der Waals surface area contributed by atoms with Gasteiger partial charge in [0.05, 0.1) is 5.92 Å². The van der Waals surface area contributed by atoms with Crippen LogP contribution in [0.5, 0.6) is 5.75 Å². The van der Waals surface area contributed by atoms with Crippen LogP contribution in [0.25, 0.3) is 0 Å². The van der Waals surface area contributed by atoms with Gasteiger partial charge in [-0.25, -0.2) is 0 Å². The van der Waals surface area contributed by atoms with Crippen LogP contribution in [-0.4, -0.2) is 23.8 Å². The zero-order valence-corrected chi connectivity index (χ0v) is 8.80. The number of para-hydroxylation sites is 1. The van der Waals surface area contributed by atoms with Gasteiger partial charge in [0.2, 0.25) is 0 Å². The molecule has 0 bridgehead atoms. The molecule has 1 aromatic carbocycles. The Morgan fingerprint density at radius 1 is 1.38 bits per heavy atom. The number of rotatable bonds is 2. The first-order valence-electron chi connectivity index (χ1n) is 5.11. The highest BCUT2D eigenvalue weighted by atomic mass is 16.5. The Kier molecular flexibility index (Phi) is 2.02. The second-order valence-corrected chi connectivity index (χ2v) is 3.61. The first-order valence-corrected chi connectivity index (χ1v) is 5.11. The van der Waals surface area contributed by atoms with Crippen molar-refractivity contribution in [1.82, 2.24) is 10.1 Å². The average molecular weight is 217 g/mol. The van der Waals surface area contributed by atoms with Crippen LogP contribution in [0.3, 0.4) is 0 Å². The van der Waals surface area contributed by atoms with Gasteiger partial charge in [-0.1, -0.05) is 23.4 Å². The fourth-order valence-electron chi connectivity index (χ4n) is 1.85. The van der Waals surface area contributed by atoms with Gasteiger partial charge in [-0.15, -0.1) is 0 Å². The van der Waals surface area contributed by atoms with Crippen LogP contribution >= 0.6 is 0 Å². The lowest BCUT2D eigenvalue weighted by atomic mass is 10.0. The van der Waals surface area contributed by atoms with Crippen molar-refractivity contribution in [3.63, 3.8) is 0 Å². The monoisotopic (exact) mass is 217 g/mol. The molecule has 3 rings (SSSR count). The van der Waals surface area contributed by atoms with Gasteiger partial charge in [-0.05, 0) is 6.07 Å². The van der Waals surface area contributed by atoms with Gasteiger partial charge in [-0.3, -0.25) is 0 Å². The number of fused-ring (bicyclic) bond motifs is 1. The van der Waals surface area contributed by atoms with E-state index in [0.717, 1.165) is 11.3 Å². The molecule has 0 amide bonds. The maximum Gasteiger partial charge on any atom is 0.321 e. The summed E-state index contributed by atoms with van der Waals surface area (Å²) < 4.78 is 10.6. The first kappa shape index (κ1) is 9.21. The summed E-state index contributed by atoms with van der Waals surface area (Å²) in [6.07, 6.45) is 0. The maximum absolute atomic E-state index is 5.57. The molecular weight excluding hydrogens is 206 g/mol. The minimum absolute atomic E-state index is 0.0713. The molecule has 2 heterocycles. The molecule has 0 saturated heterocycles. The van der Waals surface area contributed by atoms with E-state index in [0.29, 0.717) is 18.4 Å². The molecule has 0 saturated carbocycles. The molecule has 16 heavy (non-hydrogen) atoms. The average Bonchev–Trinajstić information content (AvgIpc) is 2.94. The van der Waals surface area contributed by atoms with Gasteiger partial charge < -0.3 is 14.6 Å². The van der Waals surface area contributed by atoms with Gasteiger partial charge >= 0.3 is 6.01 Å². The zero-order valence-electron chi connectivity index (χ0n) is 8.80. The lowest BCUT2D eigenvalue weighted by molar-refractivity contribution is 0.335. The van der Waals surface area contributed by atoms with Crippen molar-refractivity contribution < 1.29 is 9.26 Å². The summed E-state index contributed by atoms with van der Waals surface area (Å²) in [4.78, 5) is 4.24. The van der Waals surface area contributed by atoms with Gasteiger partial charge in [0, 0.05) is 12.6 Å². The van der Waals surface area contributed by atoms with Crippen molar-refractivity contribution in [3.05, 3.63) is 35.7 Å². The molecule has 1 aliphatic heterocycles. The first-order chi connectivity index (χ1) is 7.88. The highest BCUT2D eigenvalue weighted by Crippen LogP contribution is 2.36. The zero-order chi connectivity index (χ0) is 11.0. The Bertz CT molecular complexity index is 509. The van der Waals surface area contributed by atoms with E-state index in [1.807, 2.05) is 24.3 Å². The van der Waals surface area contributed by atoms with Crippen LogP contribution in [0.4, 0.5) is 6.01 Å². The molecule has 1 aliphatic rings. The highest BCUT2D eigenvalue weighted by Gasteiger charge is 2.29. The third-order valence-electron chi connectivity index (χ3n) is 2.67. The second kappa shape index (κ2) is 3.52. The molecule has 0 spiro atoms. The second-order valence-electron chi connectivity index (χ2n) is 3.61. The Morgan fingerprint density at radius 2 is 2.25 bits per heavy atom. The van der Waals surface area contributed by atoms with Crippen LogP contribution in [0.15, 0.2) is 28.8 Å². The van der Waals surface area contributed by atoms with Gasteiger partial charge in [0.25, 0.3) is 0 Å². The van der Waals surface area contributed by atoms with E-state index >= 15 is 0 Å². The molecule has 2 aromatic rings. The van der Waals surface area contributed by atoms with Crippen molar-refractivity contribution in [1.29, 1.82) is 0 Å². The Labute approximate surface area is 92.4 Å². The Hall–Kier alpha value is -2.04. The number of benzene rings is 1. The standard InChI is InChI=1S/C11H11N3O2/c1-12-11-13-10(14-16-11)8-6-15-9-5-3-2-4-7(8)9/h2-5,8H,6H2,1H3,(H,12,13,14). The molecular formula is C11H11N3O2. The van der Waals surface area contributed by atoms with E-state index in [2.05, 4.69) is 15.5 Å². The van der Waals surface area contributed by atoms with E-state index in [9.17, 15) is 0 Å². The number of hydrogen-bond donors (Lipinski definition) is 1. The topological polar surface area (TPSA) is 60.2 Å². The summed E-state index contributed by atoms with van der Waals surface area (Å²) in [6.45, 7) is 0.571. The van der Waals surface area contributed by atoms with E-state index in [-0.39, 0.29) is 5.92 Å². The fourth-order valence-corrected chi connectivity index (χ4v) is 1.85. The van der Waals surface area contributed by atoms with Crippen molar-refractivity contribution in [2.75, 3.05) is 19.0 Å².